The summed E-state index contributed by atoms with van der Waals surface area (Å²) < 4.78 is 14.9. The van der Waals surface area contributed by atoms with E-state index in [1.165, 1.54) is 29.0 Å². The van der Waals surface area contributed by atoms with Crippen molar-refractivity contribution in [1.29, 1.82) is 0 Å². The Kier molecular flexibility index (Phi) is 6.20. The molecule has 2 aromatic heterocycles. The number of benzene rings is 2. The molecule has 8 heteroatoms. The summed E-state index contributed by atoms with van der Waals surface area (Å²) in [6.07, 6.45) is 0.940. The van der Waals surface area contributed by atoms with Crippen LogP contribution in [-0.4, -0.2) is 46.2 Å². The van der Waals surface area contributed by atoms with Gasteiger partial charge in [-0.05, 0) is 73.9 Å². The topological polar surface area (TPSA) is 63.1 Å². The standard InChI is InChI=1S/C23H22FN5OS/c1-28(2)14-13-16-5-9-18(10-6-16)25-23(30)21-26-22(20-4-3-15-31-20)29(27-21)19-11-7-17(24)8-12-19/h3-12,15H,13-14H2,1-2H3,(H,25,30). The van der Waals surface area contributed by atoms with E-state index in [-0.39, 0.29) is 11.6 Å². The minimum atomic E-state index is -0.403. The predicted octanol–water partition coefficient (Wildman–Crippen LogP) is 4.49. The molecule has 0 unspecified atom stereocenters. The number of likely N-dealkylation sites (N-methyl/N-ethyl adjacent to an activating group) is 1. The fraction of sp³-hybridized carbons (Fsp3) is 0.174. The number of aromatic nitrogens is 3. The van der Waals surface area contributed by atoms with Gasteiger partial charge in [0.2, 0.25) is 5.82 Å². The first-order valence-corrected chi connectivity index (χ1v) is 10.7. The fourth-order valence-corrected chi connectivity index (χ4v) is 3.73. The summed E-state index contributed by atoms with van der Waals surface area (Å²) in [5, 5.41) is 9.18. The van der Waals surface area contributed by atoms with Crippen LogP contribution in [0.2, 0.25) is 0 Å². The first-order valence-electron chi connectivity index (χ1n) is 9.81. The van der Waals surface area contributed by atoms with Crippen LogP contribution in [-0.2, 0) is 6.42 Å². The summed E-state index contributed by atoms with van der Waals surface area (Å²) in [5.41, 5.74) is 2.50. The van der Waals surface area contributed by atoms with Crippen molar-refractivity contribution >= 4 is 22.9 Å². The number of nitrogens with zero attached hydrogens (tertiary/aromatic N) is 4. The second-order valence-corrected chi connectivity index (χ2v) is 8.28. The average molecular weight is 436 g/mol. The van der Waals surface area contributed by atoms with Crippen molar-refractivity contribution in [2.75, 3.05) is 26.0 Å². The number of hydrogen-bond donors (Lipinski definition) is 1. The largest absolute Gasteiger partial charge is 0.319 e. The molecule has 0 radical (unpaired) electrons. The van der Waals surface area contributed by atoms with E-state index in [1.807, 2.05) is 55.9 Å². The van der Waals surface area contributed by atoms with Gasteiger partial charge in [-0.1, -0.05) is 18.2 Å². The molecule has 0 aliphatic heterocycles. The highest BCUT2D eigenvalue weighted by molar-refractivity contribution is 7.13. The molecule has 0 aliphatic carbocycles. The maximum atomic E-state index is 13.4. The highest BCUT2D eigenvalue weighted by Crippen LogP contribution is 2.26. The van der Waals surface area contributed by atoms with Crippen molar-refractivity contribution in [3.63, 3.8) is 0 Å². The molecule has 31 heavy (non-hydrogen) atoms. The van der Waals surface area contributed by atoms with Gasteiger partial charge in [0.15, 0.2) is 5.82 Å². The zero-order valence-electron chi connectivity index (χ0n) is 17.2. The number of nitrogens with one attached hydrogen (secondary N) is 1. The molecule has 2 aromatic carbocycles. The molecule has 0 saturated carbocycles. The second kappa shape index (κ2) is 9.20. The highest BCUT2D eigenvalue weighted by atomic mass is 32.1. The Hall–Kier alpha value is -3.36. The van der Waals surface area contributed by atoms with Crippen molar-refractivity contribution in [3.8, 4) is 16.4 Å². The van der Waals surface area contributed by atoms with Gasteiger partial charge in [-0.25, -0.2) is 14.1 Å². The monoisotopic (exact) mass is 435 g/mol. The SMILES string of the molecule is CN(C)CCc1ccc(NC(=O)c2nc(-c3cccs3)n(-c3ccc(F)cc3)n2)cc1. The summed E-state index contributed by atoms with van der Waals surface area (Å²) in [6, 6.07) is 17.5. The number of carbonyl (C=O) groups is 1. The van der Waals surface area contributed by atoms with Crippen molar-refractivity contribution in [2.45, 2.75) is 6.42 Å². The summed E-state index contributed by atoms with van der Waals surface area (Å²) in [7, 11) is 4.08. The van der Waals surface area contributed by atoms with Crippen molar-refractivity contribution in [3.05, 3.63) is 83.2 Å². The van der Waals surface area contributed by atoms with Crippen LogP contribution in [0.1, 0.15) is 16.2 Å². The lowest BCUT2D eigenvalue weighted by Crippen LogP contribution is -2.15. The van der Waals surface area contributed by atoms with E-state index in [2.05, 4.69) is 20.3 Å². The van der Waals surface area contributed by atoms with Crippen LogP contribution < -0.4 is 5.32 Å². The molecular formula is C23H22FN5OS. The maximum Gasteiger partial charge on any atom is 0.295 e. The number of carbonyl (C=O) groups excluding carboxylic acids is 1. The van der Waals surface area contributed by atoms with Gasteiger partial charge in [-0.2, -0.15) is 0 Å². The van der Waals surface area contributed by atoms with Gasteiger partial charge in [0, 0.05) is 12.2 Å². The quantitative estimate of drug-likeness (QED) is 0.465. The highest BCUT2D eigenvalue weighted by Gasteiger charge is 2.19. The van der Waals surface area contributed by atoms with Crippen molar-refractivity contribution in [2.24, 2.45) is 0 Å². The van der Waals surface area contributed by atoms with Gasteiger partial charge in [0.05, 0.1) is 10.6 Å². The third-order valence-electron chi connectivity index (χ3n) is 4.68. The zero-order valence-corrected chi connectivity index (χ0v) is 18.1. The molecule has 4 aromatic rings. The zero-order chi connectivity index (χ0) is 21.8. The van der Waals surface area contributed by atoms with E-state index >= 15 is 0 Å². The Labute approximate surface area is 184 Å². The number of hydrogen-bond acceptors (Lipinski definition) is 5. The minimum Gasteiger partial charge on any atom is -0.319 e. The smallest absolute Gasteiger partial charge is 0.295 e. The average Bonchev–Trinajstić information content (AvgIpc) is 3.44. The summed E-state index contributed by atoms with van der Waals surface area (Å²) in [4.78, 5) is 20.3. The molecule has 1 N–H and O–H groups in total. The van der Waals surface area contributed by atoms with E-state index in [1.54, 1.807) is 16.8 Å². The molecule has 0 bridgehead atoms. The third kappa shape index (κ3) is 5.04. The van der Waals surface area contributed by atoms with Gasteiger partial charge in [0.25, 0.3) is 5.91 Å². The third-order valence-corrected chi connectivity index (χ3v) is 5.55. The van der Waals surface area contributed by atoms with Gasteiger partial charge in [0.1, 0.15) is 5.82 Å². The normalized spacial score (nSPS) is 11.1. The van der Waals surface area contributed by atoms with Crippen LogP contribution in [0.25, 0.3) is 16.4 Å². The molecule has 0 saturated heterocycles. The van der Waals surface area contributed by atoms with Crippen molar-refractivity contribution in [1.82, 2.24) is 19.7 Å². The second-order valence-electron chi connectivity index (χ2n) is 7.33. The Morgan fingerprint density at radius 2 is 1.84 bits per heavy atom. The number of amides is 1. The Morgan fingerprint density at radius 3 is 2.48 bits per heavy atom. The summed E-state index contributed by atoms with van der Waals surface area (Å²) in [6.45, 7) is 0.960. The van der Waals surface area contributed by atoms with Crippen molar-refractivity contribution < 1.29 is 9.18 Å². The first-order chi connectivity index (χ1) is 15.0. The van der Waals surface area contributed by atoms with Crippen LogP contribution in [0.5, 0.6) is 0 Å². The molecule has 6 nitrogen and oxygen atoms in total. The van der Waals surface area contributed by atoms with Crippen LogP contribution in [0.4, 0.5) is 10.1 Å². The van der Waals surface area contributed by atoms with E-state index in [9.17, 15) is 9.18 Å². The van der Waals surface area contributed by atoms with E-state index in [4.69, 9.17) is 0 Å². The molecule has 2 heterocycles. The Bertz CT molecular complexity index is 1150. The Balaban J connectivity index is 1.57. The molecule has 1 amide bonds. The number of anilines is 1. The first kappa shape index (κ1) is 20.9. The van der Waals surface area contributed by atoms with E-state index in [0.29, 0.717) is 17.2 Å². The van der Waals surface area contributed by atoms with Gasteiger partial charge in [-0.15, -0.1) is 16.4 Å². The predicted molar refractivity (Wildman–Crippen MR) is 121 cm³/mol. The van der Waals surface area contributed by atoms with Crippen LogP contribution >= 0.6 is 11.3 Å². The summed E-state index contributed by atoms with van der Waals surface area (Å²) >= 11 is 1.49. The van der Waals surface area contributed by atoms with Crippen LogP contribution in [0.3, 0.4) is 0 Å². The lowest BCUT2D eigenvalue weighted by Gasteiger charge is -2.09. The molecule has 0 atom stereocenters. The number of thiophene rings is 1. The summed E-state index contributed by atoms with van der Waals surface area (Å²) in [5.74, 6) is -0.163. The van der Waals surface area contributed by atoms with E-state index in [0.717, 1.165) is 17.8 Å². The minimum absolute atomic E-state index is 0.0457. The van der Waals surface area contributed by atoms with Crippen LogP contribution in [0, 0.1) is 5.82 Å². The van der Waals surface area contributed by atoms with Gasteiger partial charge >= 0.3 is 0 Å². The fourth-order valence-electron chi connectivity index (χ4n) is 3.03. The molecule has 0 aliphatic rings. The molecule has 4 rings (SSSR count). The lowest BCUT2D eigenvalue weighted by molar-refractivity contribution is 0.101. The molecule has 0 fully saturated rings. The van der Waals surface area contributed by atoms with Crippen LogP contribution in [0.15, 0.2) is 66.0 Å². The number of rotatable bonds is 7. The van der Waals surface area contributed by atoms with Gasteiger partial charge < -0.3 is 10.2 Å². The van der Waals surface area contributed by atoms with E-state index < -0.39 is 5.91 Å². The Morgan fingerprint density at radius 1 is 1.10 bits per heavy atom. The number of halogens is 1. The molecule has 0 spiro atoms. The molecule has 158 valence electrons. The van der Waals surface area contributed by atoms with Gasteiger partial charge in [-0.3, -0.25) is 4.79 Å². The molecular weight excluding hydrogens is 413 g/mol. The lowest BCUT2D eigenvalue weighted by atomic mass is 10.1. The maximum absolute atomic E-state index is 13.4.